The molecule has 1 amide bonds. The number of anilines is 1. The molecule has 1 atom stereocenters. The van der Waals surface area contributed by atoms with E-state index in [4.69, 9.17) is 9.47 Å². The van der Waals surface area contributed by atoms with Crippen molar-refractivity contribution in [3.05, 3.63) is 53.6 Å². The molecule has 2 aromatic rings. The molecule has 25 heavy (non-hydrogen) atoms. The van der Waals surface area contributed by atoms with Gasteiger partial charge in [-0.1, -0.05) is 30.3 Å². The summed E-state index contributed by atoms with van der Waals surface area (Å²) in [6, 6.07) is 14.1. The SMILES string of the molecule is C[C@H]1Cc2ccccc2N1C(=O)COc1cccc2c1OC(C)(C)C2. The molecule has 4 rings (SSSR count). The number of carbonyl (C=O) groups is 1. The number of para-hydroxylation sites is 2. The third kappa shape index (κ3) is 2.86. The molecular formula is C21H23NO3. The molecule has 130 valence electrons. The molecule has 2 aliphatic rings. The van der Waals surface area contributed by atoms with Crippen LogP contribution in [0, 0.1) is 0 Å². The normalized spacial score (nSPS) is 20.0. The standard InChI is InChI=1S/C21H23NO3/c1-14-11-15-7-4-5-9-17(15)22(14)19(23)13-24-18-10-6-8-16-12-21(2,3)25-20(16)18/h4-10,14H,11-13H2,1-3H3/t14-/m0/s1. The molecule has 0 spiro atoms. The van der Waals surface area contributed by atoms with Gasteiger partial charge in [0.05, 0.1) is 0 Å². The Kier molecular flexibility index (Phi) is 3.71. The summed E-state index contributed by atoms with van der Waals surface area (Å²) in [4.78, 5) is 14.6. The molecule has 2 heterocycles. The Morgan fingerprint density at radius 2 is 1.96 bits per heavy atom. The Morgan fingerprint density at radius 1 is 1.20 bits per heavy atom. The van der Waals surface area contributed by atoms with Gasteiger partial charge >= 0.3 is 0 Å². The van der Waals surface area contributed by atoms with Gasteiger partial charge in [-0.3, -0.25) is 4.79 Å². The van der Waals surface area contributed by atoms with Gasteiger partial charge < -0.3 is 14.4 Å². The summed E-state index contributed by atoms with van der Waals surface area (Å²) in [5, 5.41) is 0. The fourth-order valence-electron chi connectivity index (χ4n) is 3.86. The van der Waals surface area contributed by atoms with Crippen LogP contribution in [0.3, 0.4) is 0 Å². The van der Waals surface area contributed by atoms with Crippen LogP contribution in [0.1, 0.15) is 31.9 Å². The maximum atomic E-state index is 12.8. The largest absolute Gasteiger partial charge is 0.483 e. The quantitative estimate of drug-likeness (QED) is 0.856. The van der Waals surface area contributed by atoms with Gasteiger partial charge in [-0.25, -0.2) is 0 Å². The predicted molar refractivity (Wildman–Crippen MR) is 97.4 cm³/mol. The fraction of sp³-hybridized carbons (Fsp3) is 0.381. The molecule has 0 saturated heterocycles. The van der Waals surface area contributed by atoms with E-state index in [1.807, 2.05) is 35.2 Å². The van der Waals surface area contributed by atoms with Crippen LogP contribution in [-0.4, -0.2) is 24.2 Å². The van der Waals surface area contributed by atoms with Gasteiger partial charge in [-0.05, 0) is 44.9 Å². The van der Waals surface area contributed by atoms with Crippen molar-refractivity contribution in [2.24, 2.45) is 0 Å². The second kappa shape index (κ2) is 5.80. The van der Waals surface area contributed by atoms with Crippen molar-refractivity contribution in [2.75, 3.05) is 11.5 Å². The van der Waals surface area contributed by atoms with Gasteiger partial charge in [0.15, 0.2) is 18.1 Å². The highest BCUT2D eigenvalue weighted by molar-refractivity contribution is 5.97. The summed E-state index contributed by atoms with van der Waals surface area (Å²) >= 11 is 0. The smallest absolute Gasteiger partial charge is 0.265 e. The van der Waals surface area contributed by atoms with Gasteiger partial charge in [-0.15, -0.1) is 0 Å². The lowest BCUT2D eigenvalue weighted by molar-refractivity contribution is -0.120. The van der Waals surface area contributed by atoms with Gasteiger partial charge in [0.25, 0.3) is 5.91 Å². The molecule has 0 saturated carbocycles. The molecule has 0 aliphatic carbocycles. The molecule has 0 bridgehead atoms. The first-order valence-corrected chi connectivity index (χ1v) is 8.78. The Hall–Kier alpha value is -2.49. The molecule has 4 heteroatoms. The first kappa shape index (κ1) is 16.0. The van der Waals surface area contributed by atoms with Crippen molar-refractivity contribution in [2.45, 2.75) is 45.3 Å². The van der Waals surface area contributed by atoms with E-state index in [0.717, 1.165) is 29.8 Å². The van der Waals surface area contributed by atoms with Crippen molar-refractivity contribution in [3.63, 3.8) is 0 Å². The number of carbonyl (C=O) groups excluding carboxylic acids is 1. The number of fused-ring (bicyclic) bond motifs is 2. The number of rotatable bonds is 3. The summed E-state index contributed by atoms with van der Waals surface area (Å²) in [6.45, 7) is 6.21. The average Bonchev–Trinajstić information content (AvgIpc) is 3.06. The first-order valence-electron chi connectivity index (χ1n) is 8.78. The molecule has 0 fully saturated rings. The summed E-state index contributed by atoms with van der Waals surface area (Å²) < 4.78 is 11.9. The Bertz CT molecular complexity index is 828. The van der Waals surface area contributed by atoms with Crippen molar-refractivity contribution in [1.29, 1.82) is 0 Å². The number of nitrogens with zero attached hydrogens (tertiary/aromatic N) is 1. The average molecular weight is 337 g/mol. The topological polar surface area (TPSA) is 38.8 Å². The zero-order valence-electron chi connectivity index (χ0n) is 14.9. The van der Waals surface area contributed by atoms with Crippen molar-refractivity contribution < 1.29 is 14.3 Å². The highest BCUT2D eigenvalue weighted by atomic mass is 16.5. The van der Waals surface area contributed by atoms with Crippen LogP contribution < -0.4 is 14.4 Å². The highest BCUT2D eigenvalue weighted by Gasteiger charge is 2.33. The summed E-state index contributed by atoms with van der Waals surface area (Å²) in [5.41, 5.74) is 3.12. The lowest BCUT2D eigenvalue weighted by atomic mass is 10.0. The van der Waals surface area contributed by atoms with Crippen LogP contribution in [0.2, 0.25) is 0 Å². The lowest BCUT2D eigenvalue weighted by Crippen LogP contribution is -2.39. The summed E-state index contributed by atoms with van der Waals surface area (Å²) in [5.74, 6) is 1.40. The molecule has 4 nitrogen and oxygen atoms in total. The number of hydrogen-bond acceptors (Lipinski definition) is 3. The molecular weight excluding hydrogens is 314 g/mol. The van der Waals surface area contributed by atoms with Crippen molar-refractivity contribution in [3.8, 4) is 11.5 Å². The van der Waals surface area contributed by atoms with E-state index >= 15 is 0 Å². The Morgan fingerprint density at radius 3 is 2.80 bits per heavy atom. The van der Waals surface area contributed by atoms with Crippen LogP contribution in [0.4, 0.5) is 5.69 Å². The molecule has 2 aromatic carbocycles. The predicted octanol–water partition coefficient (Wildman–Crippen LogP) is 3.76. The maximum absolute atomic E-state index is 12.8. The molecule has 0 aromatic heterocycles. The van der Waals surface area contributed by atoms with Gasteiger partial charge in [0.2, 0.25) is 0 Å². The second-order valence-corrected chi connectivity index (χ2v) is 7.52. The van der Waals surface area contributed by atoms with E-state index < -0.39 is 0 Å². The zero-order valence-corrected chi connectivity index (χ0v) is 14.9. The molecule has 0 unspecified atom stereocenters. The van der Waals surface area contributed by atoms with Gasteiger partial charge in [-0.2, -0.15) is 0 Å². The summed E-state index contributed by atoms with van der Waals surface area (Å²) in [6.07, 6.45) is 1.74. The minimum Gasteiger partial charge on any atom is -0.483 e. The van der Waals surface area contributed by atoms with Crippen molar-refractivity contribution >= 4 is 11.6 Å². The van der Waals surface area contributed by atoms with Crippen LogP contribution in [0.5, 0.6) is 11.5 Å². The summed E-state index contributed by atoms with van der Waals surface area (Å²) in [7, 11) is 0. The van der Waals surface area contributed by atoms with Crippen LogP contribution in [0.15, 0.2) is 42.5 Å². The number of hydrogen-bond donors (Lipinski definition) is 0. The Labute approximate surface area is 148 Å². The van der Waals surface area contributed by atoms with Gasteiger partial charge in [0, 0.05) is 23.7 Å². The van der Waals surface area contributed by atoms with E-state index in [2.05, 4.69) is 32.9 Å². The third-order valence-electron chi connectivity index (χ3n) is 4.88. The lowest BCUT2D eigenvalue weighted by Gasteiger charge is -2.23. The molecule has 0 N–H and O–H groups in total. The van der Waals surface area contributed by atoms with E-state index in [1.54, 1.807) is 0 Å². The Balaban J connectivity index is 1.50. The monoisotopic (exact) mass is 337 g/mol. The van der Waals surface area contributed by atoms with E-state index in [0.29, 0.717) is 5.75 Å². The van der Waals surface area contributed by atoms with Gasteiger partial charge in [0.1, 0.15) is 5.60 Å². The van der Waals surface area contributed by atoms with E-state index in [-0.39, 0.29) is 24.2 Å². The minimum absolute atomic E-state index is 0.0128. The first-order chi connectivity index (χ1) is 11.9. The number of benzene rings is 2. The molecule has 2 aliphatic heterocycles. The van der Waals surface area contributed by atoms with E-state index in [1.165, 1.54) is 5.56 Å². The van der Waals surface area contributed by atoms with Crippen LogP contribution >= 0.6 is 0 Å². The maximum Gasteiger partial charge on any atom is 0.265 e. The van der Waals surface area contributed by atoms with Crippen LogP contribution in [-0.2, 0) is 17.6 Å². The second-order valence-electron chi connectivity index (χ2n) is 7.52. The molecule has 0 radical (unpaired) electrons. The number of amides is 1. The highest BCUT2D eigenvalue weighted by Crippen LogP contribution is 2.41. The fourth-order valence-corrected chi connectivity index (χ4v) is 3.86. The third-order valence-corrected chi connectivity index (χ3v) is 4.88. The zero-order chi connectivity index (χ0) is 17.6. The van der Waals surface area contributed by atoms with Crippen LogP contribution in [0.25, 0.3) is 0 Å². The van der Waals surface area contributed by atoms with E-state index in [9.17, 15) is 4.79 Å². The number of ether oxygens (including phenoxy) is 2. The van der Waals surface area contributed by atoms with Crippen molar-refractivity contribution in [1.82, 2.24) is 0 Å². The minimum atomic E-state index is -0.228.